The minimum absolute atomic E-state index is 0. The van der Waals surface area contributed by atoms with Crippen molar-refractivity contribution < 1.29 is 14.3 Å². The number of nitrogens with two attached hydrogens (primary N) is 1. The van der Waals surface area contributed by atoms with E-state index in [1.54, 1.807) is 36.2 Å². The summed E-state index contributed by atoms with van der Waals surface area (Å²) in [5.41, 5.74) is 6.78. The molecule has 0 unspecified atom stereocenters. The molecule has 0 aromatic carbocycles. The lowest BCUT2D eigenvalue weighted by Gasteiger charge is -2.26. The molecule has 0 bridgehead atoms. The SMILES string of the molecule is COc1ccnc(CN(C)C(=O)[C@@H]2CC[C@H](N)CN(C(C)=O)C2)c1.Cl.Cl. The molecule has 9 heteroatoms. The monoisotopic (exact) mass is 406 g/mol. The molecule has 2 rings (SSSR count). The molecule has 26 heavy (non-hydrogen) atoms. The summed E-state index contributed by atoms with van der Waals surface area (Å²) in [6.07, 6.45) is 3.10. The van der Waals surface area contributed by atoms with E-state index in [9.17, 15) is 9.59 Å². The first-order valence-corrected chi connectivity index (χ1v) is 8.15. The number of carbonyl (C=O) groups excluding carboxylic acids is 2. The standard InChI is InChI=1S/C17H26N4O3.2ClH/c1-12(22)21-9-13(4-5-14(18)10-21)17(23)20(2)11-15-8-16(24-3)6-7-19-15;;/h6-8,13-14H,4-5,9-11,18H2,1-3H3;2*1H/t13-,14+;;/m1../s1. The maximum Gasteiger partial charge on any atom is 0.227 e. The van der Waals surface area contributed by atoms with Gasteiger partial charge in [0, 0.05) is 45.4 Å². The van der Waals surface area contributed by atoms with Crippen LogP contribution < -0.4 is 10.5 Å². The second kappa shape index (κ2) is 11.2. The predicted molar refractivity (Wildman–Crippen MR) is 105 cm³/mol. The fraction of sp³-hybridized carbons (Fsp3) is 0.588. The van der Waals surface area contributed by atoms with E-state index in [-0.39, 0.29) is 48.6 Å². The van der Waals surface area contributed by atoms with Gasteiger partial charge in [0.15, 0.2) is 0 Å². The normalized spacial score (nSPS) is 19.5. The van der Waals surface area contributed by atoms with Gasteiger partial charge in [-0.2, -0.15) is 0 Å². The Morgan fingerprint density at radius 1 is 1.35 bits per heavy atom. The first-order valence-electron chi connectivity index (χ1n) is 8.15. The van der Waals surface area contributed by atoms with Crippen LogP contribution in [-0.4, -0.2) is 59.9 Å². The van der Waals surface area contributed by atoms with Crippen molar-refractivity contribution in [2.75, 3.05) is 27.2 Å². The molecule has 1 aliphatic rings. The van der Waals surface area contributed by atoms with Gasteiger partial charge in [-0.15, -0.1) is 24.8 Å². The number of nitrogens with zero attached hydrogens (tertiary/aromatic N) is 3. The lowest BCUT2D eigenvalue weighted by Crippen LogP contribution is -2.42. The van der Waals surface area contributed by atoms with Crippen LogP contribution in [0.25, 0.3) is 0 Å². The third-order valence-electron chi connectivity index (χ3n) is 4.38. The minimum Gasteiger partial charge on any atom is -0.497 e. The van der Waals surface area contributed by atoms with Crippen molar-refractivity contribution in [2.45, 2.75) is 32.4 Å². The average molecular weight is 407 g/mol. The zero-order valence-corrected chi connectivity index (χ0v) is 17.0. The number of rotatable bonds is 4. The summed E-state index contributed by atoms with van der Waals surface area (Å²) in [7, 11) is 3.35. The van der Waals surface area contributed by atoms with Gasteiger partial charge in [-0.1, -0.05) is 0 Å². The minimum atomic E-state index is -0.224. The molecule has 0 saturated carbocycles. The number of likely N-dealkylation sites (tertiary alicyclic amines) is 1. The Morgan fingerprint density at radius 3 is 2.65 bits per heavy atom. The predicted octanol–water partition coefficient (Wildman–Crippen LogP) is 1.48. The van der Waals surface area contributed by atoms with E-state index in [1.165, 1.54) is 6.92 Å². The summed E-state index contributed by atoms with van der Waals surface area (Å²) in [6.45, 7) is 2.86. The molecule has 2 N–H and O–H groups in total. The van der Waals surface area contributed by atoms with Crippen LogP contribution in [0.3, 0.4) is 0 Å². The van der Waals surface area contributed by atoms with Gasteiger partial charge in [0.1, 0.15) is 5.75 Å². The third-order valence-corrected chi connectivity index (χ3v) is 4.38. The molecule has 0 aliphatic carbocycles. The van der Waals surface area contributed by atoms with Crippen molar-refractivity contribution >= 4 is 36.6 Å². The van der Waals surface area contributed by atoms with E-state index in [2.05, 4.69) is 4.98 Å². The first kappa shape index (κ1) is 24.4. The van der Waals surface area contributed by atoms with Crippen LogP contribution >= 0.6 is 24.8 Å². The number of halogens is 2. The topological polar surface area (TPSA) is 88.8 Å². The number of pyridine rings is 1. The Bertz CT molecular complexity index is 603. The van der Waals surface area contributed by atoms with Crippen molar-refractivity contribution in [3.8, 4) is 5.75 Å². The van der Waals surface area contributed by atoms with Crippen molar-refractivity contribution in [3.05, 3.63) is 24.0 Å². The molecule has 2 atom stereocenters. The van der Waals surface area contributed by atoms with E-state index in [0.717, 1.165) is 12.1 Å². The molecule has 1 aromatic rings. The fourth-order valence-electron chi connectivity index (χ4n) is 2.98. The number of hydrogen-bond acceptors (Lipinski definition) is 5. The van der Waals surface area contributed by atoms with Crippen molar-refractivity contribution in [3.63, 3.8) is 0 Å². The largest absolute Gasteiger partial charge is 0.497 e. The fourth-order valence-corrected chi connectivity index (χ4v) is 2.98. The van der Waals surface area contributed by atoms with Gasteiger partial charge >= 0.3 is 0 Å². The number of ether oxygens (including phenoxy) is 1. The van der Waals surface area contributed by atoms with Gasteiger partial charge < -0.3 is 20.3 Å². The molecular formula is C17H28Cl2N4O3. The van der Waals surface area contributed by atoms with E-state index < -0.39 is 0 Å². The highest BCUT2D eigenvalue weighted by Gasteiger charge is 2.30. The third kappa shape index (κ3) is 6.63. The van der Waals surface area contributed by atoms with Gasteiger partial charge in [0.25, 0.3) is 0 Å². The second-order valence-corrected chi connectivity index (χ2v) is 6.34. The van der Waals surface area contributed by atoms with E-state index in [4.69, 9.17) is 10.5 Å². The first-order chi connectivity index (χ1) is 11.4. The van der Waals surface area contributed by atoms with Gasteiger partial charge in [0.2, 0.25) is 11.8 Å². The van der Waals surface area contributed by atoms with Gasteiger partial charge in [-0.05, 0) is 18.9 Å². The van der Waals surface area contributed by atoms with E-state index in [0.29, 0.717) is 31.8 Å². The van der Waals surface area contributed by atoms with Crippen LogP contribution in [0.5, 0.6) is 5.75 Å². The Hall–Kier alpha value is -1.57. The Labute approximate surface area is 167 Å². The zero-order chi connectivity index (χ0) is 17.7. The van der Waals surface area contributed by atoms with Gasteiger partial charge in [-0.25, -0.2) is 0 Å². The summed E-state index contributed by atoms with van der Waals surface area (Å²) >= 11 is 0. The molecule has 1 fully saturated rings. The highest BCUT2D eigenvalue weighted by atomic mass is 35.5. The summed E-state index contributed by atoms with van der Waals surface area (Å²) in [6, 6.07) is 3.51. The van der Waals surface area contributed by atoms with Crippen LogP contribution in [0, 0.1) is 5.92 Å². The summed E-state index contributed by atoms with van der Waals surface area (Å²) in [4.78, 5) is 32.1. The molecule has 2 amide bonds. The number of amides is 2. The molecule has 7 nitrogen and oxygen atoms in total. The number of hydrogen-bond donors (Lipinski definition) is 1. The Kier molecular flexibility index (Phi) is 10.5. The maximum atomic E-state index is 12.8. The van der Waals surface area contributed by atoms with Crippen LogP contribution in [0.15, 0.2) is 18.3 Å². The summed E-state index contributed by atoms with van der Waals surface area (Å²) in [5, 5.41) is 0. The molecule has 0 spiro atoms. The van der Waals surface area contributed by atoms with Gasteiger partial charge in [0.05, 0.1) is 25.3 Å². The highest BCUT2D eigenvalue weighted by molar-refractivity contribution is 5.85. The Morgan fingerprint density at radius 2 is 2.04 bits per heavy atom. The zero-order valence-electron chi connectivity index (χ0n) is 15.4. The second-order valence-electron chi connectivity index (χ2n) is 6.34. The van der Waals surface area contributed by atoms with Crippen molar-refractivity contribution in [2.24, 2.45) is 11.7 Å². The number of methoxy groups -OCH3 is 1. The molecule has 2 heterocycles. The number of carbonyl (C=O) groups is 2. The molecule has 148 valence electrons. The Balaban J connectivity index is 0.00000312. The molecule has 0 radical (unpaired) electrons. The van der Waals surface area contributed by atoms with E-state index in [1.807, 2.05) is 6.07 Å². The quantitative estimate of drug-likeness (QED) is 0.817. The summed E-state index contributed by atoms with van der Waals surface area (Å²) in [5.74, 6) is 0.462. The van der Waals surface area contributed by atoms with Crippen molar-refractivity contribution in [1.29, 1.82) is 0 Å². The maximum absolute atomic E-state index is 12.8. The lowest BCUT2D eigenvalue weighted by atomic mass is 10.0. The van der Waals surface area contributed by atoms with Crippen LogP contribution in [0.4, 0.5) is 0 Å². The average Bonchev–Trinajstić information content (AvgIpc) is 2.76. The molecule has 1 aliphatic heterocycles. The van der Waals surface area contributed by atoms with Crippen LogP contribution in [-0.2, 0) is 16.1 Å². The smallest absolute Gasteiger partial charge is 0.227 e. The number of aromatic nitrogens is 1. The van der Waals surface area contributed by atoms with Gasteiger partial charge in [-0.3, -0.25) is 14.6 Å². The lowest BCUT2D eigenvalue weighted by molar-refractivity contribution is -0.137. The van der Waals surface area contributed by atoms with Crippen molar-refractivity contribution in [1.82, 2.24) is 14.8 Å². The molecule has 1 aromatic heterocycles. The van der Waals surface area contributed by atoms with Crippen LogP contribution in [0.1, 0.15) is 25.5 Å². The highest BCUT2D eigenvalue weighted by Crippen LogP contribution is 2.19. The van der Waals surface area contributed by atoms with Crippen LogP contribution in [0.2, 0.25) is 0 Å². The molecule has 1 saturated heterocycles. The summed E-state index contributed by atoms with van der Waals surface area (Å²) < 4.78 is 5.18. The molecular weight excluding hydrogens is 379 g/mol. The van der Waals surface area contributed by atoms with E-state index >= 15 is 0 Å².